The lowest BCUT2D eigenvalue weighted by molar-refractivity contribution is 0.684. The van der Waals surface area contributed by atoms with Crippen molar-refractivity contribution in [3.05, 3.63) is 36.9 Å². The lowest BCUT2D eigenvalue weighted by Crippen LogP contribution is -2.35. The predicted octanol–water partition coefficient (Wildman–Crippen LogP) is 2.11. The molecule has 0 amide bonds. The summed E-state index contributed by atoms with van der Waals surface area (Å²) in [4.78, 5) is 21.1. The van der Waals surface area contributed by atoms with Gasteiger partial charge >= 0.3 is 0 Å². The molecule has 4 heterocycles. The first-order valence-corrected chi connectivity index (χ1v) is 8.16. The van der Waals surface area contributed by atoms with Crippen molar-refractivity contribution in [2.45, 2.75) is 12.5 Å². The van der Waals surface area contributed by atoms with E-state index in [9.17, 15) is 0 Å². The minimum absolute atomic E-state index is 0.418. The number of nitrogens with zero attached hydrogens (tertiary/aromatic N) is 5. The Bertz CT molecular complexity index is 826. The molecule has 1 fully saturated rings. The van der Waals surface area contributed by atoms with Crippen LogP contribution in [0.25, 0.3) is 11.0 Å². The number of hydrogen-bond acceptors (Lipinski definition) is 6. The van der Waals surface area contributed by atoms with E-state index >= 15 is 0 Å². The Morgan fingerprint density at radius 2 is 2.17 bits per heavy atom. The number of hydrogen-bond donors (Lipinski definition) is 2. The van der Waals surface area contributed by atoms with Crippen molar-refractivity contribution < 1.29 is 0 Å². The zero-order chi connectivity index (χ0) is 16.5. The smallest absolute Gasteiger partial charge is 0.142 e. The maximum atomic E-state index is 4.55. The summed E-state index contributed by atoms with van der Waals surface area (Å²) in [5, 5.41) is 4.18. The van der Waals surface area contributed by atoms with E-state index in [1.54, 1.807) is 6.33 Å². The second-order valence-electron chi connectivity index (χ2n) is 6.09. The number of likely N-dealkylation sites (N-methyl/N-ethyl adjacent to an activating group) is 1. The number of H-pyrrole nitrogens is 1. The summed E-state index contributed by atoms with van der Waals surface area (Å²) >= 11 is 0. The number of fused-ring (bicyclic) bond motifs is 1. The maximum absolute atomic E-state index is 4.55. The van der Waals surface area contributed by atoms with Gasteiger partial charge in [0.15, 0.2) is 0 Å². The Morgan fingerprint density at radius 3 is 2.96 bits per heavy atom. The second kappa shape index (κ2) is 5.99. The third kappa shape index (κ3) is 2.51. The molecule has 0 spiro atoms. The van der Waals surface area contributed by atoms with Crippen molar-refractivity contribution in [1.29, 1.82) is 0 Å². The first-order chi connectivity index (χ1) is 11.8. The van der Waals surface area contributed by atoms with Gasteiger partial charge in [0, 0.05) is 39.4 Å². The van der Waals surface area contributed by atoms with Gasteiger partial charge in [-0.25, -0.2) is 15.0 Å². The Kier molecular flexibility index (Phi) is 3.68. The molecule has 4 rings (SSSR count). The molecule has 0 aliphatic carbocycles. The first kappa shape index (κ1) is 14.7. The van der Waals surface area contributed by atoms with Crippen LogP contribution in [0.4, 0.5) is 17.3 Å². The van der Waals surface area contributed by atoms with Crippen molar-refractivity contribution in [2.75, 3.05) is 42.3 Å². The highest BCUT2D eigenvalue weighted by atomic mass is 15.3. The largest absolute Gasteiger partial charge is 0.387 e. The molecule has 3 aromatic heterocycles. The summed E-state index contributed by atoms with van der Waals surface area (Å²) < 4.78 is 0. The molecule has 1 saturated heterocycles. The van der Waals surface area contributed by atoms with Gasteiger partial charge in [-0.15, -0.1) is 0 Å². The average molecular weight is 323 g/mol. The van der Waals surface area contributed by atoms with Crippen LogP contribution in [0.1, 0.15) is 6.42 Å². The number of aromatic nitrogens is 4. The molecule has 2 N–H and O–H groups in total. The van der Waals surface area contributed by atoms with E-state index in [0.29, 0.717) is 6.04 Å². The van der Waals surface area contributed by atoms with Crippen LogP contribution in [0.5, 0.6) is 0 Å². The Morgan fingerprint density at radius 1 is 1.25 bits per heavy atom. The van der Waals surface area contributed by atoms with Crippen molar-refractivity contribution in [3.63, 3.8) is 0 Å². The van der Waals surface area contributed by atoms with Gasteiger partial charge in [0.05, 0.1) is 17.3 Å². The normalized spacial score (nSPS) is 17.4. The highest BCUT2D eigenvalue weighted by molar-refractivity contribution is 5.87. The Labute approximate surface area is 140 Å². The van der Waals surface area contributed by atoms with Crippen LogP contribution < -0.4 is 15.1 Å². The van der Waals surface area contributed by atoms with E-state index in [1.807, 2.05) is 25.5 Å². The van der Waals surface area contributed by atoms with E-state index in [0.717, 1.165) is 47.9 Å². The van der Waals surface area contributed by atoms with E-state index in [1.165, 1.54) is 0 Å². The van der Waals surface area contributed by atoms with Gasteiger partial charge in [0.1, 0.15) is 23.6 Å². The van der Waals surface area contributed by atoms with Crippen LogP contribution in [0.3, 0.4) is 0 Å². The molecule has 7 nitrogen and oxygen atoms in total. The van der Waals surface area contributed by atoms with Crippen molar-refractivity contribution in [1.82, 2.24) is 19.9 Å². The monoisotopic (exact) mass is 323 g/mol. The Hall–Kier alpha value is -2.83. The van der Waals surface area contributed by atoms with Gasteiger partial charge in [0.2, 0.25) is 0 Å². The van der Waals surface area contributed by atoms with E-state index in [2.05, 4.69) is 54.2 Å². The average Bonchev–Trinajstić information content (AvgIpc) is 3.30. The molecular formula is C17H21N7. The van der Waals surface area contributed by atoms with Gasteiger partial charge < -0.3 is 20.1 Å². The molecule has 1 aliphatic rings. The van der Waals surface area contributed by atoms with Gasteiger partial charge in [-0.1, -0.05) is 0 Å². The van der Waals surface area contributed by atoms with Crippen molar-refractivity contribution in [2.24, 2.45) is 0 Å². The molecule has 0 aromatic carbocycles. The highest BCUT2D eigenvalue weighted by Crippen LogP contribution is 2.28. The molecule has 0 bridgehead atoms. The van der Waals surface area contributed by atoms with Gasteiger partial charge in [0.25, 0.3) is 0 Å². The van der Waals surface area contributed by atoms with Crippen molar-refractivity contribution >= 4 is 28.4 Å². The molecule has 1 atom stereocenters. The molecule has 0 radical (unpaired) electrons. The summed E-state index contributed by atoms with van der Waals surface area (Å²) in [6.45, 7) is 1.92. The molecule has 1 unspecified atom stereocenters. The molecule has 7 heteroatoms. The molecular weight excluding hydrogens is 302 g/mol. The van der Waals surface area contributed by atoms with Crippen LogP contribution in [-0.4, -0.2) is 53.2 Å². The summed E-state index contributed by atoms with van der Waals surface area (Å²) in [6, 6.07) is 6.57. The summed E-state index contributed by atoms with van der Waals surface area (Å²) in [7, 11) is 4.01. The fraction of sp³-hybridized carbons (Fsp3) is 0.353. The van der Waals surface area contributed by atoms with Gasteiger partial charge in [-0.3, -0.25) is 0 Å². The molecule has 1 aliphatic heterocycles. The summed E-state index contributed by atoms with van der Waals surface area (Å²) in [6.07, 6.45) is 6.49. The molecule has 3 aromatic rings. The van der Waals surface area contributed by atoms with Crippen LogP contribution in [0.2, 0.25) is 0 Å². The maximum Gasteiger partial charge on any atom is 0.142 e. The van der Waals surface area contributed by atoms with Crippen LogP contribution in [-0.2, 0) is 0 Å². The zero-order valence-corrected chi connectivity index (χ0v) is 13.9. The number of nitrogens with one attached hydrogen (secondary N) is 2. The fourth-order valence-electron chi connectivity index (χ4n) is 3.29. The van der Waals surface area contributed by atoms with Crippen LogP contribution >= 0.6 is 0 Å². The number of pyridine rings is 1. The zero-order valence-electron chi connectivity index (χ0n) is 13.9. The minimum atomic E-state index is 0.418. The summed E-state index contributed by atoms with van der Waals surface area (Å²) in [5.74, 6) is 2.01. The number of rotatable bonds is 4. The quantitative estimate of drug-likeness (QED) is 0.766. The second-order valence-corrected chi connectivity index (χ2v) is 6.09. The van der Waals surface area contributed by atoms with E-state index in [4.69, 9.17) is 0 Å². The van der Waals surface area contributed by atoms with Crippen LogP contribution in [0.15, 0.2) is 36.9 Å². The number of aromatic amines is 1. The molecule has 124 valence electrons. The standard InChI is InChI=1S/C17H21N7/c1-18-12-3-4-15(20-9-12)23(2)13-6-8-24(10-13)17-14-5-7-19-16(14)21-11-22-17/h3-5,7,9,11,13,18H,6,8,10H2,1-2H3,(H,19,21,22). The van der Waals surface area contributed by atoms with Gasteiger partial charge in [-0.05, 0) is 24.6 Å². The molecule has 0 saturated carbocycles. The van der Waals surface area contributed by atoms with E-state index < -0.39 is 0 Å². The lowest BCUT2D eigenvalue weighted by Gasteiger charge is -2.26. The third-order valence-electron chi connectivity index (χ3n) is 4.74. The Balaban J connectivity index is 1.52. The van der Waals surface area contributed by atoms with Crippen molar-refractivity contribution in [3.8, 4) is 0 Å². The minimum Gasteiger partial charge on any atom is -0.387 e. The first-order valence-electron chi connectivity index (χ1n) is 8.16. The van der Waals surface area contributed by atoms with Gasteiger partial charge in [-0.2, -0.15) is 0 Å². The predicted molar refractivity (Wildman–Crippen MR) is 96.7 cm³/mol. The fourth-order valence-corrected chi connectivity index (χ4v) is 3.29. The number of anilines is 3. The SMILES string of the molecule is CNc1ccc(N(C)C2CCN(c3ncnc4[nH]ccc34)C2)nc1. The lowest BCUT2D eigenvalue weighted by atomic mass is 10.2. The highest BCUT2D eigenvalue weighted by Gasteiger charge is 2.28. The topological polar surface area (TPSA) is 73.0 Å². The van der Waals surface area contributed by atoms with E-state index in [-0.39, 0.29) is 0 Å². The summed E-state index contributed by atoms with van der Waals surface area (Å²) in [5.41, 5.74) is 1.91. The third-order valence-corrected chi connectivity index (χ3v) is 4.74. The van der Waals surface area contributed by atoms with Crippen LogP contribution in [0, 0.1) is 0 Å². The molecule has 24 heavy (non-hydrogen) atoms.